The molecule has 1 heterocycles. The van der Waals surface area contributed by atoms with Crippen LogP contribution in [0.4, 0.5) is 0 Å². The summed E-state index contributed by atoms with van der Waals surface area (Å²) >= 11 is 0. The van der Waals surface area contributed by atoms with Crippen molar-refractivity contribution in [2.45, 2.75) is 75.5 Å². The lowest BCUT2D eigenvalue weighted by atomic mass is 10.0. The number of imidazole rings is 1. The third kappa shape index (κ3) is 13.5. The number of unbranched alkanes of at least 4 members (excludes halogenated alkanes) is 1. The predicted octanol–water partition coefficient (Wildman–Crippen LogP) is -3.13. The minimum atomic E-state index is -1.24. The van der Waals surface area contributed by atoms with E-state index in [1.54, 1.807) is 0 Å². The highest BCUT2D eigenvalue weighted by molar-refractivity contribution is 5.94. The van der Waals surface area contributed by atoms with E-state index in [9.17, 15) is 29.1 Å². The monoisotopic (exact) mass is 568 g/mol. The van der Waals surface area contributed by atoms with Crippen molar-refractivity contribution < 1.29 is 34.2 Å². The van der Waals surface area contributed by atoms with Crippen LogP contribution in [0.3, 0.4) is 0 Å². The van der Waals surface area contributed by atoms with Crippen molar-refractivity contribution in [3.8, 4) is 0 Å². The van der Waals surface area contributed by atoms with Crippen LogP contribution in [0.2, 0.25) is 0 Å². The molecule has 17 heteroatoms. The molecular formula is C23H40N10O7. The number of rotatable bonds is 20. The van der Waals surface area contributed by atoms with E-state index in [2.05, 4.69) is 30.9 Å². The lowest BCUT2D eigenvalue weighted by Gasteiger charge is -2.25. The van der Waals surface area contributed by atoms with E-state index in [0.717, 1.165) is 0 Å². The molecule has 0 spiro atoms. The number of nitrogens with two attached hydrogens (primary N) is 4. The van der Waals surface area contributed by atoms with Crippen molar-refractivity contribution >= 4 is 35.6 Å². The van der Waals surface area contributed by atoms with Crippen LogP contribution in [0.25, 0.3) is 0 Å². The van der Waals surface area contributed by atoms with Gasteiger partial charge in [0.25, 0.3) is 0 Å². The van der Waals surface area contributed by atoms with Gasteiger partial charge in [-0.3, -0.25) is 24.2 Å². The first kappa shape index (κ1) is 33.8. The molecule has 0 saturated carbocycles. The Labute approximate surface area is 230 Å². The van der Waals surface area contributed by atoms with Crippen molar-refractivity contribution in [3.63, 3.8) is 0 Å². The third-order valence-electron chi connectivity index (χ3n) is 5.76. The lowest BCUT2D eigenvalue weighted by molar-refractivity contribution is -0.142. The van der Waals surface area contributed by atoms with Crippen molar-refractivity contribution in [1.29, 1.82) is 0 Å². The van der Waals surface area contributed by atoms with Gasteiger partial charge in [-0.2, -0.15) is 0 Å². The van der Waals surface area contributed by atoms with E-state index in [-0.39, 0.29) is 51.0 Å². The average molecular weight is 569 g/mol. The van der Waals surface area contributed by atoms with E-state index in [4.69, 9.17) is 28.0 Å². The van der Waals surface area contributed by atoms with E-state index < -0.39 is 53.8 Å². The normalized spacial score (nSPS) is 13.8. The Bertz CT molecular complexity index is 998. The molecule has 0 bridgehead atoms. The number of aliphatic carboxylic acids is 2. The Morgan fingerprint density at radius 3 is 2.10 bits per heavy atom. The number of nitrogens with one attached hydrogen (secondary N) is 4. The fourth-order valence-corrected chi connectivity index (χ4v) is 3.58. The van der Waals surface area contributed by atoms with Crippen LogP contribution in [0.1, 0.15) is 50.6 Å². The fourth-order valence-electron chi connectivity index (χ4n) is 3.58. The topological polar surface area (TPSA) is 307 Å². The second kappa shape index (κ2) is 18.1. The Hall–Kier alpha value is -4.25. The Morgan fingerprint density at radius 2 is 1.52 bits per heavy atom. The van der Waals surface area contributed by atoms with Gasteiger partial charge in [-0.1, -0.05) is 0 Å². The molecule has 0 radical (unpaired) electrons. The molecule has 14 N–H and O–H groups in total. The molecule has 0 aromatic carbocycles. The van der Waals surface area contributed by atoms with E-state index in [0.29, 0.717) is 25.1 Å². The van der Waals surface area contributed by atoms with Crippen LogP contribution in [0.5, 0.6) is 0 Å². The van der Waals surface area contributed by atoms with Gasteiger partial charge >= 0.3 is 11.9 Å². The van der Waals surface area contributed by atoms with E-state index in [1.165, 1.54) is 12.5 Å². The van der Waals surface area contributed by atoms with E-state index >= 15 is 0 Å². The number of hydrogen-bond acceptors (Lipinski definition) is 9. The zero-order valence-electron chi connectivity index (χ0n) is 22.2. The van der Waals surface area contributed by atoms with Gasteiger partial charge in [0.05, 0.1) is 12.4 Å². The summed E-state index contributed by atoms with van der Waals surface area (Å²) in [5.74, 6) is -4.80. The number of aromatic nitrogens is 2. The zero-order valence-corrected chi connectivity index (χ0v) is 22.2. The number of carbonyl (C=O) groups is 5. The van der Waals surface area contributed by atoms with Gasteiger partial charge < -0.3 is 54.1 Å². The molecule has 1 rings (SSSR count). The number of carboxylic acid groups (broad SMARTS) is 2. The maximum atomic E-state index is 13.3. The average Bonchev–Trinajstić information content (AvgIpc) is 3.40. The molecule has 4 unspecified atom stereocenters. The van der Waals surface area contributed by atoms with Crippen LogP contribution in [0, 0.1) is 0 Å². The number of hydrogen-bond donors (Lipinski definition) is 10. The van der Waals surface area contributed by atoms with Crippen LogP contribution >= 0.6 is 0 Å². The number of aromatic amines is 1. The molecule has 1 aromatic rings. The molecule has 17 nitrogen and oxygen atoms in total. The molecule has 0 aliphatic rings. The van der Waals surface area contributed by atoms with Crippen LogP contribution in [0.15, 0.2) is 17.5 Å². The number of carboxylic acids is 2. The number of H-pyrrole nitrogens is 1. The third-order valence-corrected chi connectivity index (χ3v) is 5.76. The van der Waals surface area contributed by atoms with Crippen molar-refractivity contribution in [2.75, 3.05) is 13.1 Å². The van der Waals surface area contributed by atoms with Crippen molar-refractivity contribution in [1.82, 2.24) is 25.9 Å². The second-order valence-corrected chi connectivity index (χ2v) is 9.07. The maximum absolute atomic E-state index is 13.3. The highest BCUT2D eigenvalue weighted by Gasteiger charge is 2.30. The number of nitrogens with zero attached hydrogens (tertiary/aromatic N) is 2. The summed E-state index contributed by atoms with van der Waals surface area (Å²) in [6.45, 7) is 0.517. The first-order chi connectivity index (χ1) is 18.9. The Kier molecular flexibility index (Phi) is 15.3. The summed E-state index contributed by atoms with van der Waals surface area (Å²) in [4.78, 5) is 72.1. The molecule has 1 aromatic heterocycles. The van der Waals surface area contributed by atoms with Gasteiger partial charge in [0.1, 0.15) is 18.1 Å². The predicted molar refractivity (Wildman–Crippen MR) is 143 cm³/mol. The van der Waals surface area contributed by atoms with Crippen LogP contribution in [-0.2, 0) is 30.4 Å². The van der Waals surface area contributed by atoms with Crippen LogP contribution in [-0.4, -0.2) is 93.1 Å². The number of amides is 3. The van der Waals surface area contributed by atoms with Gasteiger partial charge in [-0.05, 0) is 45.1 Å². The van der Waals surface area contributed by atoms with Crippen LogP contribution < -0.4 is 38.9 Å². The maximum Gasteiger partial charge on any atom is 0.326 e. The summed E-state index contributed by atoms with van der Waals surface area (Å²) in [5, 5.41) is 25.9. The standard InChI is InChI=1S/C23H40N10O7/c24-8-2-1-4-16(22(39)40)32-21(38)17(10-13-11-28-12-30-13)33-20(37)15(5-3-9-29-23(26)27)31-19(36)14(25)6-7-18(34)35/h11-12,14-17H,1-10,24-25H2,(H,28,30)(H,31,36)(H,32,38)(H,33,37)(H,34,35)(H,39,40)(H4,26,27,29). The molecule has 0 fully saturated rings. The fraction of sp³-hybridized carbons (Fsp3) is 0.609. The smallest absolute Gasteiger partial charge is 0.326 e. The molecule has 0 aliphatic heterocycles. The molecule has 3 amide bonds. The molecule has 0 saturated heterocycles. The first-order valence-electron chi connectivity index (χ1n) is 12.8. The Morgan fingerprint density at radius 1 is 0.900 bits per heavy atom. The van der Waals surface area contributed by atoms with E-state index in [1.807, 2.05) is 0 Å². The molecule has 0 aliphatic carbocycles. The minimum absolute atomic E-state index is 0.0508. The van der Waals surface area contributed by atoms with Gasteiger partial charge in [0.2, 0.25) is 17.7 Å². The van der Waals surface area contributed by atoms with Crippen molar-refractivity contribution in [2.24, 2.45) is 27.9 Å². The summed E-state index contributed by atoms with van der Waals surface area (Å²) in [5.41, 5.74) is 22.4. The summed E-state index contributed by atoms with van der Waals surface area (Å²) in [6.07, 6.45) is 3.76. The highest BCUT2D eigenvalue weighted by Crippen LogP contribution is 2.07. The summed E-state index contributed by atoms with van der Waals surface area (Å²) in [6, 6.07) is -4.82. The highest BCUT2D eigenvalue weighted by atomic mass is 16.4. The zero-order chi connectivity index (χ0) is 30.1. The number of aliphatic imine (C=N–C) groups is 1. The summed E-state index contributed by atoms with van der Waals surface area (Å²) in [7, 11) is 0. The van der Waals surface area contributed by atoms with Gasteiger partial charge in [0, 0.05) is 31.3 Å². The van der Waals surface area contributed by atoms with Gasteiger partial charge in [-0.25, -0.2) is 9.78 Å². The second-order valence-electron chi connectivity index (χ2n) is 9.07. The lowest BCUT2D eigenvalue weighted by Crippen LogP contribution is -2.57. The first-order valence-corrected chi connectivity index (χ1v) is 12.8. The minimum Gasteiger partial charge on any atom is -0.481 e. The quantitative estimate of drug-likeness (QED) is 0.0424. The summed E-state index contributed by atoms with van der Waals surface area (Å²) < 4.78 is 0. The number of guanidine groups is 1. The van der Waals surface area contributed by atoms with Crippen molar-refractivity contribution in [3.05, 3.63) is 18.2 Å². The molecule has 40 heavy (non-hydrogen) atoms. The molecule has 4 atom stereocenters. The largest absolute Gasteiger partial charge is 0.481 e. The molecular weight excluding hydrogens is 528 g/mol. The SMILES string of the molecule is NCCCCC(NC(=O)C(Cc1cnc[nH]1)NC(=O)C(CCCN=C(N)N)NC(=O)C(N)CCC(=O)O)C(=O)O. The van der Waals surface area contributed by atoms with Gasteiger partial charge in [0.15, 0.2) is 5.96 Å². The molecule has 224 valence electrons. The van der Waals surface area contributed by atoms with Gasteiger partial charge in [-0.15, -0.1) is 0 Å². The Balaban J connectivity index is 3.07. The number of carbonyl (C=O) groups excluding carboxylic acids is 3.